The van der Waals surface area contributed by atoms with Crippen LogP contribution in [0, 0.1) is 11.3 Å². The molecule has 11 rings (SSSR count). The molecule has 0 amide bonds. The minimum Gasteiger partial charge on any atom is -0.457 e. The summed E-state index contributed by atoms with van der Waals surface area (Å²) in [6.45, 7) is 0. The molecule has 1 aliphatic carbocycles. The highest BCUT2D eigenvalue weighted by atomic mass is 16.5. The first-order valence-electron chi connectivity index (χ1n) is 19.4. The van der Waals surface area contributed by atoms with Crippen LogP contribution in [0.15, 0.2) is 200 Å². The predicted molar refractivity (Wildman–Crippen MR) is 231 cm³/mol. The van der Waals surface area contributed by atoms with Crippen molar-refractivity contribution in [1.82, 2.24) is 9.97 Å². The van der Waals surface area contributed by atoms with Gasteiger partial charge in [-0.15, -0.1) is 0 Å². The molecular weight excluding hydrogens is 707 g/mol. The number of rotatable bonds is 5. The van der Waals surface area contributed by atoms with E-state index < -0.39 is 5.41 Å². The van der Waals surface area contributed by atoms with Crippen LogP contribution in [0.2, 0.25) is 0 Å². The highest BCUT2D eigenvalue weighted by molar-refractivity contribution is 5.89. The largest absolute Gasteiger partial charge is 0.457 e. The van der Waals surface area contributed by atoms with Crippen LogP contribution in [0.1, 0.15) is 27.8 Å². The summed E-state index contributed by atoms with van der Waals surface area (Å²) in [5.74, 6) is 2.20. The monoisotopic (exact) mass is 739 g/mol. The lowest BCUT2D eigenvalue weighted by atomic mass is 9.66. The Kier molecular flexibility index (Phi) is 7.74. The van der Waals surface area contributed by atoms with Gasteiger partial charge in [-0.2, -0.15) is 5.26 Å². The molecule has 1 aromatic heterocycles. The summed E-state index contributed by atoms with van der Waals surface area (Å²) in [6, 6.07) is 71.9. The summed E-state index contributed by atoms with van der Waals surface area (Å²) in [4.78, 5) is 10.0. The Morgan fingerprint density at radius 2 is 0.879 bits per heavy atom. The first kappa shape index (κ1) is 33.5. The van der Waals surface area contributed by atoms with Gasteiger partial charge in [0.15, 0.2) is 5.82 Å². The molecule has 1 aliphatic heterocycles. The molecule has 1 spiro atoms. The van der Waals surface area contributed by atoms with E-state index in [9.17, 15) is 5.26 Å². The van der Waals surface area contributed by atoms with Crippen LogP contribution < -0.4 is 4.74 Å². The van der Waals surface area contributed by atoms with E-state index in [2.05, 4.69) is 158 Å². The van der Waals surface area contributed by atoms with Gasteiger partial charge in [-0.25, -0.2) is 9.97 Å². The summed E-state index contributed by atoms with van der Waals surface area (Å²) < 4.78 is 6.76. The number of hydrogen-bond donors (Lipinski definition) is 0. The van der Waals surface area contributed by atoms with Gasteiger partial charge in [0.05, 0.1) is 28.4 Å². The van der Waals surface area contributed by atoms with Crippen molar-refractivity contribution in [3.8, 4) is 84.9 Å². The fourth-order valence-electron chi connectivity index (χ4n) is 8.94. The normalized spacial score (nSPS) is 12.7. The summed E-state index contributed by atoms with van der Waals surface area (Å²) in [5, 5.41) is 9.87. The molecule has 58 heavy (non-hydrogen) atoms. The molecule has 0 fully saturated rings. The molecule has 0 atom stereocenters. The molecule has 270 valence electrons. The Labute approximate surface area is 337 Å². The van der Waals surface area contributed by atoms with E-state index in [4.69, 9.17) is 14.7 Å². The van der Waals surface area contributed by atoms with E-state index in [0.717, 1.165) is 67.2 Å². The molecule has 4 heteroatoms. The van der Waals surface area contributed by atoms with Gasteiger partial charge in [-0.05, 0) is 74.8 Å². The van der Waals surface area contributed by atoms with Gasteiger partial charge in [-0.1, -0.05) is 170 Å². The number of nitriles is 1. The molecule has 8 aromatic carbocycles. The summed E-state index contributed by atoms with van der Waals surface area (Å²) in [5.41, 5.74) is 16.2. The van der Waals surface area contributed by atoms with E-state index in [0.29, 0.717) is 17.1 Å². The lowest BCUT2D eigenvalue weighted by molar-refractivity contribution is 0.436. The van der Waals surface area contributed by atoms with Gasteiger partial charge >= 0.3 is 0 Å². The van der Waals surface area contributed by atoms with Crippen LogP contribution in [-0.4, -0.2) is 9.97 Å². The summed E-state index contributed by atoms with van der Waals surface area (Å²) in [7, 11) is 0. The lowest BCUT2D eigenvalue weighted by Crippen LogP contribution is -2.32. The smallest absolute Gasteiger partial charge is 0.160 e. The SMILES string of the molecule is N#Cc1ccc2c(c1)Oc1cc(-c3ccc(-c4cccc(-c5cc(-c6ccccc6)nc(-c6ccccc6)n5)c4)cc3)ccc1C21c2ccccc2-c2ccccc21. The minimum absolute atomic E-state index is 0.570. The third-order valence-electron chi connectivity index (χ3n) is 11.6. The second kappa shape index (κ2) is 13.4. The fraction of sp³-hybridized carbons (Fsp3) is 0.0185. The quantitative estimate of drug-likeness (QED) is 0.176. The summed E-state index contributed by atoms with van der Waals surface area (Å²) >= 11 is 0. The van der Waals surface area contributed by atoms with Crippen LogP contribution in [0.25, 0.3) is 67.3 Å². The Balaban J connectivity index is 0.972. The molecule has 0 bridgehead atoms. The highest BCUT2D eigenvalue weighted by Crippen LogP contribution is 2.62. The Hall–Kier alpha value is -7.87. The van der Waals surface area contributed by atoms with Gasteiger partial charge in [0, 0.05) is 27.8 Å². The van der Waals surface area contributed by atoms with Crippen molar-refractivity contribution >= 4 is 0 Å². The van der Waals surface area contributed by atoms with Crippen LogP contribution in [0.3, 0.4) is 0 Å². The minimum atomic E-state index is -0.578. The first-order chi connectivity index (χ1) is 28.7. The molecule has 2 aliphatic rings. The number of ether oxygens (including phenoxy) is 1. The fourth-order valence-corrected chi connectivity index (χ4v) is 8.94. The zero-order valence-corrected chi connectivity index (χ0v) is 31.3. The van der Waals surface area contributed by atoms with Crippen molar-refractivity contribution in [2.75, 3.05) is 0 Å². The molecular formula is C54H33N3O. The molecule has 0 radical (unpaired) electrons. The lowest BCUT2D eigenvalue weighted by Gasteiger charge is -2.39. The van der Waals surface area contributed by atoms with Crippen molar-refractivity contribution in [3.63, 3.8) is 0 Å². The Morgan fingerprint density at radius 3 is 1.53 bits per heavy atom. The maximum absolute atomic E-state index is 9.87. The van der Waals surface area contributed by atoms with E-state index in [1.54, 1.807) is 0 Å². The van der Waals surface area contributed by atoms with E-state index >= 15 is 0 Å². The molecule has 4 nitrogen and oxygen atoms in total. The standard InChI is InChI=1S/C54H33N3O/c55-34-35-22-28-47-51(30-35)58-52-32-41(27-29-48(52)54(47)45-20-9-7-18-43(45)44-19-8-10-21-46(44)54)37-25-23-36(24-26-37)40-16-11-17-42(31-40)50-33-49(38-12-3-1-4-13-38)56-53(57-50)39-14-5-2-6-15-39/h1-33H. The second-order valence-corrected chi connectivity index (χ2v) is 14.8. The van der Waals surface area contributed by atoms with Gasteiger partial charge in [0.2, 0.25) is 0 Å². The van der Waals surface area contributed by atoms with Gasteiger partial charge in [0.1, 0.15) is 11.5 Å². The van der Waals surface area contributed by atoms with Crippen molar-refractivity contribution in [3.05, 3.63) is 228 Å². The van der Waals surface area contributed by atoms with E-state index in [-0.39, 0.29) is 0 Å². The predicted octanol–water partition coefficient (Wildman–Crippen LogP) is 13.2. The average molecular weight is 740 g/mol. The molecule has 9 aromatic rings. The summed E-state index contributed by atoms with van der Waals surface area (Å²) in [6.07, 6.45) is 0. The maximum atomic E-state index is 9.87. The number of nitrogens with zero attached hydrogens (tertiary/aromatic N) is 3. The number of hydrogen-bond acceptors (Lipinski definition) is 4. The Morgan fingerprint density at radius 1 is 0.379 bits per heavy atom. The Bertz CT molecular complexity index is 2990. The van der Waals surface area contributed by atoms with Crippen molar-refractivity contribution < 1.29 is 4.74 Å². The van der Waals surface area contributed by atoms with Crippen LogP contribution >= 0.6 is 0 Å². The highest BCUT2D eigenvalue weighted by Gasteiger charge is 2.51. The van der Waals surface area contributed by atoms with Gasteiger partial charge < -0.3 is 4.74 Å². The number of aromatic nitrogens is 2. The topological polar surface area (TPSA) is 58.8 Å². The zero-order valence-electron chi connectivity index (χ0n) is 31.3. The number of fused-ring (bicyclic) bond motifs is 9. The molecule has 0 saturated carbocycles. The molecule has 0 saturated heterocycles. The molecule has 0 unspecified atom stereocenters. The molecule has 0 N–H and O–H groups in total. The van der Waals surface area contributed by atoms with Crippen LogP contribution in [0.4, 0.5) is 0 Å². The number of benzene rings is 8. The third-order valence-corrected chi connectivity index (χ3v) is 11.6. The van der Waals surface area contributed by atoms with Crippen molar-refractivity contribution in [1.29, 1.82) is 5.26 Å². The van der Waals surface area contributed by atoms with Gasteiger partial charge in [-0.3, -0.25) is 0 Å². The maximum Gasteiger partial charge on any atom is 0.160 e. The third kappa shape index (κ3) is 5.29. The second-order valence-electron chi connectivity index (χ2n) is 14.8. The van der Waals surface area contributed by atoms with Crippen molar-refractivity contribution in [2.24, 2.45) is 0 Å². The van der Waals surface area contributed by atoms with E-state index in [1.807, 2.05) is 48.5 Å². The first-order valence-corrected chi connectivity index (χ1v) is 19.4. The van der Waals surface area contributed by atoms with Gasteiger partial charge in [0.25, 0.3) is 0 Å². The molecule has 2 heterocycles. The zero-order chi connectivity index (χ0) is 38.6. The van der Waals surface area contributed by atoms with Crippen LogP contribution in [0.5, 0.6) is 11.5 Å². The van der Waals surface area contributed by atoms with Crippen molar-refractivity contribution in [2.45, 2.75) is 5.41 Å². The average Bonchev–Trinajstić information content (AvgIpc) is 3.59. The van der Waals surface area contributed by atoms with E-state index in [1.165, 1.54) is 22.3 Å². The van der Waals surface area contributed by atoms with Crippen LogP contribution in [-0.2, 0) is 5.41 Å².